The molecule has 1 saturated heterocycles. The first-order valence-electron chi connectivity index (χ1n) is 10.6. The predicted octanol–water partition coefficient (Wildman–Crippen LogP) is 3.13. The Kier molecular flexibility index (Phi) is 6.00. The van der Waals surface area contributed by atoms with Crippen LogP contribution in [0.1, 0.15) is 33.6 Å². The van der Waals surface area contributed by atoms with Crippen molar-refractivity contribution >= 4 is 33.0 Å². The van der Waals surface area contributed by atoms with Crippen LogP contribution in [0.25, 0.3) is 0 Å². The van der Waals surface area contributed by atoms with Crippen molar-refractivity contribution in [2.24, 2.45) is 0 Å². The first-order chi connectivity index (χ1) is 16.0. The molecule has 1 aromatic heterocycles. The summed E-state index contributed by atoms with van der Waals surface area (Å²) in [5.41, 5.74) is 0.675. The molecule has 0 aliphatic carbocycles. The van der Waals surface area contributed by atoms with E-state index in [1.54, 1.807) is 24.3 Å². The average Bonchev–Trinajstić information content (AvgIpc) is 3.35. The molecule has 3 heterocycles. The smallest absolute Gasteiger partial charge is 0.286 e. The van der Waals surface area contributed by atoms with Gasteiger partial charge in [0.05, 0.1) is 4.90 Å². The number of aromatic nitrogens is 2. The molecule has 3 aromatic rings. The summed E-state index contributed by atoms with van der Waals surface area (Å²) in [6.07, 6.45) is 1.47. The number of rotatable bonds is 5. The maximum atomic E-state index is 13.3. The molecule has 33 heavy (non-hydrogen) atoms. The van der Waals surface area contributed by atoms with Crippen LogP contribution in [0.4, 0.5) is 5.69 Å². The van der Waals surface area contributed by atoms with E-state index in [2.05, 4.69) is 15.5 Å². The quantitative estimate of drug-likeness (QED) is 0.590. The van der Waals surface area contributed by atoms with E-state index in [1.807, 2.05) is 18.2 Å². The molecule has 0 saturated carbocycles. The summed E-state index contributed by atoms with van der Waals surface area (Å²) in [5.74, 6) is 0.531. The SMILES string of the molecule is O=C(Nc1ccccc1)c1nnc([C@@H]2CCCN(S(=O)(=O)c3ccc4c(c3)OCCO4)C2)s1. The Labute approximate surface area is 195 Å². The minimum Gasteiger partial charge on any atom is -0.486 e. The highest BCUT2D eigenvalue weighted by molar-refractivity contribution is 7.89. The Morgan fingerprint density at radius 2 is 1.85 bits per heavy atom. The van der Waals surface area contributed by atoms with Gasteiger partial charge in [0.25, 0.3) is 5.91 Å². The maximum Gasteiger partial charge on any atom is 0.286 e. The minimum atomic E-state index is -3.71. The largest absolute Gasteiger partial charge is 0.486 e. The molecule has 172 valence electrons. The van der Waals surface area contributed by atoms with Crippen LogP contribution >= 0.6 is 11.3 Å². The molecule has 0 bridgehead atoms. The number of nitrogens with one attached hydrogen (secondary N) is 1. The molecule has 1 N–H and O–H groups in total. The van der Waals surface area contributed by atoms with E-state index in [0.717, 1.165) is 6.42 Å². The molecule has 0 spiro atoms. The lowest BCUT2D eigenvalue weighted by Crippen LogP contribution is -2.39. The Hall–Kier alpha value is -3.02. The van der Waals surface area contributed by atoms with Crippen molar-refractivity contribution in [3.63, 3.8) is 0 Å². The van der Waals surface area contributed by atoms with Crippen molar-refractivity contribution in [1.29, 1.82) is 0 Å². The van der Waals surface area contributed by atoms with Gasteiger partial charge in [-0.3, -0.25) is 4.79 Å². The van der Waals surface area contributed by atoms with E-state index in [-0.39, 0.29) is 28.3 Å². The van der Waals surface area contributed by atoms with E-state index in [4.69, 9.17) is 9.47 Å². The molecule has 1 atom stereocenters. The third kappa shape index (κ3) is 4.56. The number of carbonyl (C=O) groups is 1. The fourth-order valence-electron chi connectivity index (χ4n) is 3.89. The summed E-state index contributed by atoms with van der Waals surface area (Å²) in [5, 5.41) is 11.9. The lowest BCUT2D eigenvalue weighted by Gasteiger charge is -2.31. The summed E-state index contributed by atoms with van der Waals surface area (Å²) in [6.45, 7) is 1.54. The second kappa shape index (κ2) is 9.08. The molecule has 1 fully saturated rings. The van der Waals surface area contributed by atoms with Crippen molar-refractivity contribution in [1.82, 2.24) is 14.5 Å². The summed E-state index contributed by atoms with van der Waals surface area (Å²) in [4.78, 5) is 12.7. The number of para-hydroxylation sites is 1. The number of hydrogen-bond acceptors (Lipinski definition) is 8. The van der Waals surface area contributed by atoms with E-state index < -0.39 is 10.0 Å². The van der Waals surface area contributed by atoms with E-state index in [9.17, 15) is 13.2 Å². The summed E-state index contributed by atoms with van der Waals surface area (Å²) >= 11 is 1.20. The fraction of sp³-hybridized carbons (Fsp3) is 0.318. The van der Waals surface area contributed by atoms with Crippen LogP contribution in [0.2, 0.25) is 0 Å². The lowest BCUT2D eigenvalue weighted by molar-refractivity contribution is 0.102. The number of nitrogens with zero attached hydrogens (tertiary/aromatic N) is 3. The zero-order valence-electron chi connectivity index (χ0n) is 17.6. The predicted molar refractivity (Wildman–Crippen MR) is 122 cm³/mol. The van der Waals surface area contributed by atoms with Gasteiger partial charge in [0.2, 0.25) is 15.0 Å². The summed E-state index contributed by atoms with van der Waals surface area (Å²) < 4.78 is 39.1. The molecule has 0 unspecified atom stereocenters. The first kappa shape index (κ1) is 21.8. The van der Waals surface area contributed by atoms with E-state index in [0.29, 0.717) is 48.4 Å². The van der Waals surface area contributed by atoms with Crippen molar-refractivity contribution in [2.45, 2.75) is 23.7 Å². The molecule has 9 nitrogen and oxygen atoms in total. The van der Waals surface area contributed by atoms with E-state index in [1.165, 1.54) is 21.7 Å². The van der Waals surface area contributed by atoms with Crippen molar-refractivity contribution < 1.29 is 22.7 Å². The molecular formula is C22H22N4O5S2. The fourth-order valence-corrected chi connectivity index (χ4v) is 6.30. The molecule has 0 radical (unpaired) electrons. The third-order valence-corrected chi connectivity index (χ3v) is 8.50. The van der Waals surface area contributed by atoms with E-state index >= 15 is 0 Å². The van der Waals surface area contributed by atoms with Crippen LogP contribution in [0.5, 0.6) is 11.5 Å². The van der Waals surface area contributed by atoms with Gasteiger partial charge in [0, 0.05) is 30.8 Å². The van der Waals surface area contributed by atoms with Gasteiger partial charge >= 0.3 is 0 Å². The number of anilines is 1. The van der Waals surface area contributed by atoms with Gasteiger partial charge in [-0.25, -0.2) is 8.42 Å². The molecule has 1 amide bonds. The van der Waals surface area contributed by atoms with Crippen LogP contribution < -0.4 is 14.8 Å². The highest BCUT2D eigenvalue weighted by Crippen LogP contribution is 2.36. The van der Waals surface area contributed by atoms with Crippen LogP contribution in [0.3, 0.4) is 0 Å². The second-order valence-electron chi connectivity index (χ2n) is 7.77. The topological polar surface area (TPSA) is 111 Å². The van der Waals surface area contributed by atoms with Gasteiger partial charge in [0.1, 0.15) is 18.2 Å². The van der Waals surface area contributed by atoms with Gasteiger partial charge in [-0.15, -0.1) is 10.2 Å². The normalized spacial score (nSPS) is 18.6. The molecule has 2 aromatic carbocycles. The summed E-state index contributed by atoms with van der Waals surface area (Å²) in [7, 11) is -3.71. The highest BCUT2D eigenvalue weighted by atomic mass is 32.2. The number of amides is 1. The average molecular weight is 487 g/mol. The molecule has 2 aliphatic rings. The number of ether oxygens (including phenoxy) is 2. The van der Waals surface area contributed by atoms with Crippen molar-refractivity contribution in [3.05, 3.63) is 58.5 Å². The number of sulfonamides is 1. The van der Waals surface area contributed by atoms with Gasteiger partial charge in [0.15, 0.2) is 11.5 Å². The molecule has 2 aliphatic heterocycles. The molecule has 11 heteroatoms. The van der Waals surface area contributed by atoms with Crippen molar-refractivity contribution in [2.75, 3.05) is 31.6 Å². The number of hydrogen-bond donors (Lipinski definition) is 1. The number of piperidine rings is 1. The molecule has 5 rings (SSSR count). The van der Waals surface area contributed by atoms with Gasteiger partial charge in [-0.1, -0.05) is 29.5 Å². The number of carbonyl (C=O) groups excluding carboxylic acids is 1. The summed E-state index contributed by atoms with van der Waals surface area (Å²) in [6, 6.07) is 13.8. The zero-order chi connectivity index (χ0) is 22.8. The van der Waals surface area contributed by atoms with Crippen LogP contribution in [-0.4, -0.2) is 55.1 Å². The van der Waals surface area contributed by atoms with Crippen LogP contribution in [-0.2, 0) is 10.0 Å². The maximum absolute atomic E-state index is 13.3. The van der Waals surface area contributed by atoms with Gasteiger partial charge in [-0.05, 0) is 37.1 Å². The highest BCUT2D eigenvalue weighted by Gasteiger charge is 2.33. The Balaban J connectivity index is 1.30. The van der Waals surface area contributed by atoms with Gasteiger partial charge in [-0.2, -0.15) is 4.31 Å². The Bertz CT molecular complexity index is 1260. The Morgan fingerprint density at radius 1 is 1.06 bits per heavy atom. The number of benzene rings is 2. The Morgan fingerprint density at radius 3 is 2.67 bits per heavy atom. The first-order valence-corrected chi connectivity index (χ1v) is 12.9. The second-order valence-corrected chi connectivity index (χ2v) is 10.7. The zero-order valence-corrected chi connectivity index (χ0v) is 19.3. The van der Waals surface area contributed by atoms with Gasteiger partial charge < -0.3 is 14.8 Å². The van der Waals surface area contributed by atoms with Crippen molar-refractivity contribution in [3.8, 4) is 11.5 Å². The molecular weight excluding hydrogens is 464 g/mol. The standard InChI is InChI=1S/C22H22N4O5S2/c27-20(23-16-6-2-1-3-7-16)22-25-24-21(32-22)15-5-4-10-26(14-15)33(28,29)17-8-9-18-19(13-17)31-12-11-30-18/h1-3,6-9,13,15H,4-5,10-12,14H2,(H,23,27)/t15-/m1/s1. The minimum absolute atomic E-state index is 0.124. The lowest BCUT2D eigenvalue weighted by atomic mass is 10.0. The monoisotopic (exact) mass is 486 g/mol. The van der Waals surface area contributed by atoms with Crippen LogP contribution in [0, 0.1) is 0 Å². The van der Waals surface area contributed by atoms with Crippen LogP contribution in [0.15, 0.2) is 53.4 Å². The third-order valence-electron chi connectivity index (χ3n) is 5.55. The number of fused-ring (bicyclic) bond motifs is 1.